The average Bonchev–Trinajstić information content (AvgIpc) is 2.86. The molecule has 19 heavy (non-hydrogen) atoms. The van der Waals surface area contributed by atoms with Crippen molar-refractivity contribution in [3.63, 3.8) is 0 Å². The molecule has 0 saturated carbocycles. The van der Waals surface area contributed by atoms with Crippen LogP contribution in [-0.2, 0) is 17.8 Å². The van der Waals surface area contributed by atoms with Crippen LogP contribution in [0.4, 0.5) is 4.79 Å². The van der Waals surface area contributed by atoms with E-state index >= 15 is 0 Å². The number of hydrogen-bond acceptors (Lipinski definition) is 2. The van der Waals surface area contributed by atoms with Crippen molar-refractivity contribution in [3.05, 3.63) is 33.3 Å². The van der Waals surface area contributed by atoms with Gasteiger partial charge in [-0.1, -0.05) is 15.9 Å². The lowest BCUT2D eigenvalue weighted by molar-refractivity contribution is 0.107. The van der Waals surface area contributed by atoms with Crippen LogP contribution in [0.25, 0.3) is 0 Å². The third kappa shape index (κ3) is 2.37. The molecule has 102 valence electrons. The molecule has 1 aromatic carbocycles. The van der Waals surface area contributed by atoms with Gasteiger partial charge in [-0.05, 0) is 48.1 Å². The van der Waals surface area contributed by atoms with Gasteiger partial charge in [0, 0.05) is 11.0 Å². The molecule has 0 radical (unpaired) electrons. The number of carboxylic acid groups (broad SMARTS) is 1. The van der Waals surface area contributed by atoms with Gasteiger partial charge >= 0.3 is 6.09 Å². The summed E-state index contributed by atoms with van der Waals surface area (Å²) in [5.41, 5.74) is 3.59. The van der Waals surface area contributed by atoms with Gasteiger partial charge in [0.05, 0.1) is 19.3 Å². The van der Waals surface area contributed by atoms with Crippen LogP contribution in [0, 0.1) is 0 Å². The van der Waals surface area contributed by atoms with Gasteiger partial charge in [0.2, 0.25) is 0 Å². The number of fused-ring (bicyclic) bond motifs is 1. The topological polar surface area (TPSA) is 49.8 Å². The largest absolute Gasteiger partial charge is 0.465 e. The fraction of sp³-hybridized carbons (Fsp3) is 0.500. The summed E-state index contributed by atoms with van der Waals surface area (Å²) in [6, 6.07) is 4.16. The standard InChI is InChI=1S/C14H16BrNO3/c15-10-6-9-3-5-19-8-12(9)11(7-10)13-2-1-4-16(13)14(17)18/h6-7,13H,1-5,8H2,(H,17,18). The van der Waals surface area contributed by atoms with E-state index in [1.54, 1.807) is 4.90 Å². The number of carbonyl (C=O) groups is 1. The van der Waals surface area contributed by atoms with E-state index in [1.165, 1.54) is 11.1 Å². The number of nitrogens with zero attached hydrogens (tertiary/aromatic N) is 1. The smallest absolute Gasteiger partial charge is 0.407 e. The third-order valence-electron chi connectivity index (χ3n) is 3.96. The van der Waals surface area contributed by atoms with E-state index in [1.807, 2.05) is 0 Å². The Kier molecular flexibility index (Phi) is 3.50. The van der Waals surface area contributed by atoms with Gasteiger partial charge in [-0.15, -0.1) is 0 Å². The van der Waals surface area contributed by atoms with Gasteiger partial charge in [0.25, 0.3) is 0 Å². The summed E-state index contributed by atoms with van der Waals surface area (Å²) in [6.07, 6.45) is 1.91. The summed E-state index contributed by atoms with van der Waals surface area (Å²) in [5.74, 6) is 0. The molecule has 3 rings (SSSR count). The van der Waals surface area contributed by atoms with Gasteiger partial charge in [-0.3, -0.25) is 0 Å². The highest BCUT2D eigenvalue weighted by molar-refractivity contribution is 9.10. The Balaban J connectivity index is 2.04. The fourth-order valence-corrected chi connectivity index (χ4v) is 3.61. The number of rotatable bonds is 1. The Morgan fingerprint density at radius 3 is 3.11 bits per heavy atom. The molecular weight excluding hydrogens is 310 g/mol. The lowest BCUT2D eigenvalue weighted by Gasteiger charge is -2.27. The first-order valence-electron chi connectivity index (χ1n) is 6.55. The van der Waals surface area contributed by atoms with Crippen molar-refractivity contribution in [2.75, 3.05) is 13.2 Å². The van der Waals surface area contributed by atoms with Crippen LogP contribution in [-0.4, -0.2) is 29.3 Å². The zero-order valence-corrected chi connectivity index (χ0v) is 12.1. The van der Waals surface area contributed by atoms with E-state index in [0.29, 0.717) is 13.2 Å². The molecule has 0 aliphatic carbocycles. The van der Waals surface area contributed by atoms with Crippen LogP contribution in [0.2, 0.25) is 0 Å². The van der Waals surface area contributed by atoms with E-state index in [-0.39, 0.29) is 6.04 Å². The van der Waals surface area contributed by atoms with Crippen LogP contribution in [0.5, 0.6) is 0 Å². The van der Waals surface area contributed by atoms with Crippen LogP contribution in [0.15, 0.2) is 16.6 Å². The van der Waals surface area contributed by atoms with Crippen molar-refractivity contribution < 1.29 is 14.6 Å². The van der Waals surface area contributed by atoms with Gasteiger partial charge in [-0.2, -0.15) is 0 Å². The second-order valence-corrected chi connectivity index (χ2v) is 5.98. The molecule has 2 aliphatic heterocycles. The van der Waals surface area contributed by atoms with Crippen molar-refractivity contribution in [2.45, 2.75) is 31.9 Å². The molecule has 4 nitrogen and oxygen atoms in total. The van der Waals surface area contributed by atoms with Gasteiger partial charge in [-0.25, -0.2) is 4.79 Å². The summed E-state index contributed by atoms with van der Waals surface area (Å²) >= 11 is 3.54. The average molecular weight is 326 g/mol. The lowest BCUT2D eigenvalue weighted by Crippen LogP contribution is -2.30. The van der Waals surface area contributed by atoms with Crippen LogP contribution < -0.4 is 0 Å². The molecule has 0 aromatic heterocycles. The summed E-state index contributed by atoms with van der Waals surface area (Å²) in [5, 5.41) is 9.30. The SMILES string of the molecule is O=C(O)N1CCCC1c1cc(Br)cc2c1COCC2. The van der Waals surface area contributed by atoms with E-state index in [4.69, 9.17) is 4.74 Å². The minimum Gasteiger partial charge on any atom is -0.465 e. The van der Waals surface area contributed by atoms with Gasteiger partial charge < -0.3 is 14.7 Å². The minimum absolute atomic E-state index is 0.0227. The molecule has 1 amide bonds. The molecule has 1 aromatic rings. The summed E-state index contributed by atoms with van der Waals surface area (Å²) < 4.78 is 6.58. The van der Waals surface area contributed by atoms with Crippen LogP contribution in [0.3, 0.4) is 0 Å². The molecule has 0 spiro atoms. The fourth-order valence-electron chi connectivity index (χ4n) is 3.09. The number of likely N-dealkylation sites (tertiary alicyclic amines) is 1. The molecule has 1 fully saturated rings. The Morgan fingerprint density at radius 2 is 2.32 bits per heavy atom. The van der Waals surface area contributed by atoms with Crippen molar-refractivity contribution in [1.29, 1.82) is 0 Å². The molecule has 2 aliphatic rings. The van der Waals surface area contributed by atoms with E-state index in [9.17, 15) is 9.90 Å². The molecule has 1 unspecified atom stereocenters. The predicted molar refractivity (Wildman–Crippen MR) is 74.2 cm³/mol. The Bertz CT molecular complexity index is 518. The predicted octanol–water partition coefficient (Wildman–Crippen LogP) is 3.34. The lowest BCUT2D eigenvalue weighted by atomic mass is 9.92. The minimum atomic E-state index is -0.826. The third-order valence-corrected chi connectivity index (χ3v) is 4.42. The summed E-state index contributed by atoms with van der Waals surface area (Å²) in [4.78, 5) is 12.9. The molecular formula is C14H16BrNO3. The normalized spacial score (nSPS) is 22.4. The van der Waals surface area contributed by atoms with E-state index in [0.717, 1.165) is 35.9 Å². The zero-order valence-electron chi connectivity index (χ0n) is 10.6. The molecule has 0 bridgehead atoms. The van der Waals surface area contributed by atoms with Crippen LogP contribution >= 0.6 is 15.9 Å². The highest BCUT2D eigenvalue weighted by Crippen LogP contribution is 2.38. The maximum absolute atomic E-state index is 11.3. The Morgan fingerprint density at radius 1 is 1.47 bits per heavy atom. The monoisotopic (exact) mass is 325 g/mol. The Labute approximate surface area is 120 Å². The quantitative estimate of drug-likeness (QED) is 0.861. The van der Waals surface area contributed by atoms with Gasteiger partial charge in [0.1, 0.15) is 0 Å². The molecule has 1 saturated heterocycles. The van der Waals surface area contributed by atoms with Crippen molar-refractivity contribution in [3.8, 4) is 0 Å². The van der Waals surface area contributed by atoms with E-state index in [2.05, 4.69) is 28.1 Å². The first-order chi connectivity index (χ1) is 9.16. The van der Waals surface area contributed by atoms with Crippen LogP contribution in [0.1, 0.15) is 35.6 Å². The Hall–Kier alpha value is -1.07. The number of amides is 1. The summed E-state index contributed by atoms with van der Waals surface area (Å²) in [7, 11) is 0. The van der Waals surface area contributed by atoms with Crippen molar-refractivity contribution >= 4 is 22.0 Å². The number of halogens is 1. The molecule has 5 heteroatoms. The summed E-state index contributed by atoms with van der Waals surface area (Å²) in [6.45, 7) is 1.97. The number of hydrogen-bond donors (Lipinski definition) is 1. The second-order valence-electron chi connectivity index (χ2n) is 5.07. The maximum Gasteiger partial charge on any atom is 0.407 e. The first-order valence-corrected chi connectivity index (χ1v) is 7.34. The van der Waals surface area contributed by atoms with Crippen molar-refractivity contribution in [1.82, 2.24) is 4.90 Å². The first kappa shape index (κ1) is 12.9. The highest BCUT2D eigenvalue weighted by atomic mass is 79.9. The molecule has 2 heterocycles. The second kappa shape index (κ2) is 5.13. The number of ether oxygens (including phenoxy) is 1. The number of benzene rings is 1. The van der Waals surface area contributed by atoms with Gasteiger partial charge in [0.15, 0.2) is 0 Å². The highest BCUT2D eigenvalue weighted by Gasteiger charge is 2.32. The van der Waals surface area contributed by atoms with E-state index < -0.39 is 6.09 Å². The van der Waals surface area contributed by atoms with Crippen molar-refractivity contribution in [2.24, 2.45) is 0 Å². The maximum atomic E-state index is 11.3. The zero-order chi connectivity index (χ0) is 13.4. The molecule has 1 atom stereocenters. The molecule has 1 N–H and O–H groups in total.